The number of fused-ring (bicyclic) bond motifs is 1. The van der Waals surface area contributed by atoms with Gasteiger partial charge in [-0.25, -0.2) is 14.2 Å². The van der Waals surface area contributed by atoms with Gasteiger partial charge in [0.25, 0.3) is 0 Å². The van der Waals surface area contributed by atoms with Gasteiger partial charge in [0, 0.05) is 42.5 Å². The first-order valence-electron chi connectivity index (χ1n) is 13.0. The highest BCUT2D eigenvalue weighted by Gasteiger charge is 2.28. The molecule has 4 aromatic rings. The highest BCUT2D eigenvalue weighted by molar-refractivity contribution is 5.84. The van der Waals surface area contributed by atoms with Crippen LogP contribution in [-0.2, 0) is 24.9 Å². The average Bonchev–Trinajstić information content (AvgIpc) is 3.48. The maximum atomic E-state index is 14.2. The SMILES string of the molecule is CC(C)Oc1cc(F)ccc1-c1ccc(-c2cnn(C)c2)nc1-c1cc2n(n1)CCN(C(=O)OC(C)(C)C)C2. The van der Waals surface area contributed by atoms with Crippen LogP contribution < -0.4 is 4.74 Å². The highest BCUT2D eigenvalue weighted by atomic mass is 19.1. The number of amides is 1. The maximum Gasteiger partial charge on any atom is 0.410 e. The van der Waals surface area contributed by atoms with Gasteiger partial charge in [-0.1, -0.05) is 0 Å². The normalized spacial score (nSPS) is 13.5. The number of benzene rings is 1. The van der Waals surface area contributed by atoms with Gasteiger partial charge in [-0.05, 0) is 65.0 Å². The lowest BCUT2D eigenvalue weighted by Gasteiger charge is -2.30. The third-order valence-electron chi connectivity index (χ3n) is 6.18. The molecule has 0 atom stereocenters. The fourth-order valence-corrected chi connectivity index (χ4v) is 4.52. The van der Waals surface area contributed by atoms with Crippen molar-refractivity contribution in [3.8, 4) is 39.5 Å². The molecule has 5 rings (SSSR count). The molecule has 0 spiro atoms. The lowest BCUT2D eigenvalue weighted by atomic mass is 9.99. The Bertz CT molecular complexity index is 1520. The van der Waals surface area contributed by atoms with Gasteiger partial charge in [0.2, 0.25) is 0 Å². The number of pyridine rings is 1. The van der Waals surface area contributed by atoms with Crippen LogP contribution in [0.1, 0.15) is 40.3 Å². The molecule has 3 aromatic heterocycles. The minimum Gasteiger partial charge on any atom is -0.490 e. The maximum absolute atomic E-state index is 14.2. The molecule has 1 amide bonds. The number of hydrogen-bond acceptors (Lipinski definition) is 6. The Morgan fingerprint density at radius 3 is 2.51 bits per heavy atom. The van der Waals surface area contributed by atoms with Crippen molar-refractivity contribution in [1.82, 2.24) is 29.4 Å². The fourth-order valence-electron chi connectivity index (χ4n) is 4.52. The fraction of sp³-hybridized carbons (Fsp3) is 0.379. The third kappa shape index (κ3) is 5.79. The van der Waals surface area contributed by atoms with Gasteiger partial charge in [-0.15, -0.1) is 0 Å². The second kappa shape index (κ2) is 10.2. The Labute approximate surface area is 227 Å². The van der Waals surface area contributed by atoms with E-state index in [9.17, 15) is 9.18 Å². The first-order valence-corrected chi connectivity index (χ1v) is 13.0. The molecule has 1 aliphatic rings. The van der Waals surface area contributed by atoms with E-state index in [0.29, 0.717) is 42.3 Å². The number of nitrogens with zero attached hydrogens (tertiary/aromatic N) is 6. The summed E-state index contributed by atoms with van der Waals surface area (Å²) in [7, 11) is 1.85. The summed E-state index contributed by atoms with van der Waals surface area (Å²) in [5.41, 5.74) is 4.65. The molecule has 0 N–H and O–H groups in total. The van der Waals surface area contributed by atoms with Crippen LogP contribution in [0.5, 0.6) is 5.75 Å². The lowest BCUT2D eigenvalue weighted by molar-refractivity contribution is 0.0194. The van der Waals surface area contributed by atoms with E-state index in [4.69, 9.17) is 19.6 Å². The summed E-state index contributed by atoms with van der Waals surface area (Å²) in [6.45, 7) is 10.8. The van der Waals surface area contributed by atoms with E-state index < -0.39 is 5.60 Å². The zero-order valence-corrected chi connectivity index (χ0v) is 23.1. The minimum atomic E-state index is -0.573. The molecule has 0 saturated heterocycles. The molecule has 9 nitrogen and oxygen atoms in total. The Morgan fingerprint density at radius 2 is 1.82 bits per heavy atom. The van der Waals surface area contributed by atoms with E-state index in [1.807, 2.05) is 70.7 Å². The van der Waals surface area contributed by atoms with E-state index in [-0.39, 0.29) is 18.0 Å². The minimum absolute atomic E-state index is 0.143. The molecule has 10 heteroatoms. The van der Waals surface area contributed by atoms with Crippen molar-refractivity contribution in [2.24, 2.45) is 7.05 Å². The van der Waals surface area contributed by atoms with Crippen molar-refractivity contribution in [3.05, 3.63) is 60.3 Å². The molecule has 0 unspecified atom stereocenters. The van der Waals surface area contributed by atoms with Crippen LogP contribution in [0.15, 0.2) is 48.8 Å². The van der Waals surface area contributed by atoms with Crippen LogP contribution in [-0.4, -0.2) is 53.8 Å². The van der Waals surface area contributed by atoms with Crippen LogP contribution in [0.3, 0.4) is 0 Å². The highest BCUT2D eigenvalue weighted by Crippen LogP contribution is 2.38. The van der Waals surface area contributed by atoms with Crippen molar-refractivity contribution in [2.75, 3.05) is 6.54 Å². The lowest BCUT2D eigenvalue weighted by Crippen LogP contribution is -2.41. The first kappa shape index (κ1) is 26.4. The Morgan fingerprint density at radius 1 is 1.05 bits per heavy atom. The number of carbonyl (C=O) groups is 1. The second-order valence-corrected chi connectivity index (χ2v) is 10.9. The number of ether oxygens (including phenoxy) is 2. The molecule has 1 aromatic carbocycles. The summed E-state index contributed by atoms with van der Waals surface area (Å²) < 4.78 is 29.4. The molecule has 204 valence electrons. The molecule has 0 saturated carbocycles. The Kier molecular flexibility index (Phi) is 6.88. The summed E-state index contributed by atoms with van der Waals surface area (Å²) in [6.07, 6.45) is 3.16. The van der Waals surface area contributed by atoms with Crippen molar-refractivity contribution in [3.63, 3.8) is 0 Å². The molecule has 39 heavy (non-hydrogen) atoms. The number of halogens is 1. The number of aryl methyl sites for hydroxylation is 1. The molecule has 1 aliphatic heterocycles. The summed E-state index contributed by atoms with van der Waals surface area (Å²) in [4.78, 5) is 19.4. The monoisotopic (exact) mass is 532 g/mol. The van der Waals surface area contributed by atoms with Crippen LogP contribution in [0.25, 0.3) is 33.8 Å². The van der Waals surface area contributed by atoms with Gasteiger partial charge in [-0.3, -0.25) is 9.36 Å². The van der Waals surface area contributed by atoms with Gasteiger partial charge in [0.05, 0.1) is 42.5 Å². The predicted molar refractivity (Wildman–Crippen MR) is 145 cm³/mol. The van der Waals surface area contributed by atoms with Crippen molar-refractivity contribution in [2.45, 2.75) is 59.4 Å². The van der Waals surface area contributed by atoms with Gasteiger partial charge in [0.15, 0.2) is 0 Å². The van der Waals surface area contributed by atoms with Crippen molar-refractivity contribution in [1.29, 1.82) is 0 Å². The number of aromatic nitrogens is 5. The zero-order valence-electron chi connectivity index (χ0n) is 23.1. The van der Waals surface area contributed by atoms with Gasteiger partial charge < -0.3 is 14.4 Å². The quantitative estimate of drug-likeness (QED) is 0.328. The van der Waals surface area contributed by atoms with Crippen molar-refractivity contribution >= 4 is 6.09 Å². The van der Waals surface area contributed by atoms with E-state index in [2.05, 4.69) is 5.10 Å². The predicted octanol–water partition coefficient (Wildman–Crippen LogP) is 5.69. The molecule has 0 fully saturated rings. The topological polar surface area (TPSA) is 87.3 Å². The molecule has 0 aliphatic carbocycles. The number of hydrogen-bond donors (Lipinski definition) is 0. The number of carbonyl (C=O) groups excluding carboxylic acids is 1. The third-order valence-corrected chi connectivity index (χ3v) is 6.18. The van der Waals surface area contributed by atoms with Crippen molar-refractivity contribution < 1.29 is 18.7 Å². The largest absolute Gasteiger partial charge is 0.490 e. The molecular formula is C29H33FN6O3. The van der Waals surface area contributed by atoms with Crippen LogP contribution in [0, 0.1) is 5.82 Å². The number of rotatable bonds is 5. The first-order chi connectivity index (χ1) is 18.5. The van der Waals surface area contributed by atoms with E-state index in [1.165, 1.54) is 12.1 Å². The van der Waals surface area contributed by atoms with Gasteiger partial charge >= 0.3 is 6.09 Å². The summed E-state index contributed by atoms with van der Waals surface area (Å²) in [6, 6.07) is 10.3. The molecular weight excluding hydrogens is 499 g/mol. The summed E-state index contributed by atoms with van der Waals surface area (Å²) in [5, 5.41) is 9.14. The average molecular weight is 533 g/mol. The summed E-state index contributed by atoms with van der Waals surface area (Å²) >= 11 is 0. The standard InChI is InChI=1S/C29H33FN6O3/c1-18(2)38-26-13-20(30)7-8-22(26)23-9-10-24(19-15-31-34(6)16-19)32-27(23)25-14-21-17-35(11-12-36(21)33-25)28(37)39-29(3,4)5/h7-10,13-16,18H,11-12,17H2,1-6H3. The van der Waals surface area contributed by atoms with Gasteiger partial charge in [0.1, 0.15) is 22.9 Å². The van der Waals surface area contributed by atoms with E-state index in [1.54, 1.807) is 21.8 Å². The second-order valence-electron chi connectivity index (χ2n) is 10.9. The smallest absolute Gasteiger partial charge is 0.410 e. The molecule has 0 bridgehead atoms. The van der Waals surface area contributed by atoms with Crippen LogP contribution >= 0.6 is 0 Å². The van der Waals surface area contributed by atoms with E-state index >= 15 is 0 Å². The Hall–Kier alpha value is -4.21. The van der Waals surface area contributed by atoms with E-state index in [0.717, 1.165) is 22.5 Å². The molecule has 4 heterocycles. The zero-order chi connectivity index (χ0) is 27.9. The van der Waals surface area contributed by atoms with Gasteiger partial charge in [-0.2, -0.15) is 10.2 Å². The summed E-state index contributed by atoms with van der Waals surface area (Å²) in [5.74, 6) is 0.0535. The molecule has 0 radical (unpaired) electrons. The van der Waals surface area contributed by atoms with Crippen LogP contribution in [0.2, 0.25) is 0 Å². The van der Waals surface area contributed by atoms with Crippen LogP contribution in [0.4, 0.5) is 9.18 Å². The Balaban J connectivity index is 1.59.